The maximum Gasteiger partial charge on any atom is 0.267 e. The smallest absolute Gasteiger partial charge is 0.267 e. The van der Waals surface area contributed by atoms with E-state index in [0.717, 1.165) is 36.8 Å². The summed E-state index contributed by atoms with van der Waals surface area (Å²) in [7, 11) is 0. The van der Waals surface area contributed by atoms with Gasteiger partial charge in [-0.15, -0.1) is 0 Å². The van der Waals surface area contributed by atoms with Crippen molar-refractivity contribution in [3.63, 3.8) is 0 Å². The molecule has 1 aromatic rings. The minimum Gasteiger partial charge on any atom is -0.354 e. The predicted molar refractivity (Wildman–Crippen MR) is 67.3 cm³/mol. The highest BCUT2D eigenvalue weighted by atomic mass is 16.1. The Morgan fingerprint density at radius 1 is 1.33 bits per heavy atom. The van der Waals surface area contributed by atoms with Gasteiger partial charge in [0, 0.05) is 18.7 Å². The number of nitrogens with zero attached hydrogens (tertiary/aromatic N) is 1. The maximum absolute atomic E-state index is 11.6. The minimum atomic E-state index is -0.115. The van der Waals surface area contributed by atoms with Crippen molar-refractivity contribution < 1.29 is 4.79 Å². The first-order chi connectivity index (χ1) is 8.72. The molecule has 6 heteroatoms. The fourth-order valence-electron chi connectivity index (χ4n) is 2.30. The number of fused-ring (bicyclic) bond motifs is 1. The lowest BCUT2D eigenvalue weighted by Gasteiger charge is -2.17. The Labute approximate surface area is 105 Å². The maximum atomic E-state index is 11.6. The molecule has 1 heterocycles. The fourth-order valence-corrected chi connectivity index (χ4v) is 2.30. The quantitative estimate of drug-likeness (QED) is 0.655. The summed E-state index contributed by atoms with van der Waals surface area (Å²) in [5.41, 5.74) is 7.67. The third-order valence-corrected chi connectivity index (χ3v) is 3.18. The highest BCUT2D eigenvalue weighted by Crippen LogP contribution is 2.20. The van der Waals surface area contributed by atoms with Gasteiger partial charge in [-0.2, -0.15) is 5.10 Å². The van der Waals surface area contributed by atoms with Crippen molar-refractivity contribution in [2.75, 3.05) is 13.1 Å². The van der Waals surface area contributed by atoms with Gasteiger partial charge in [-0.1, -0.05) is 0 Å². The lowest BCUT2D eigenvalue weighted by atomic mass is 9.91. The Hall–Kier alpha value is -1.69. The molecule has 1 aromatic heterocycles. The molecule has 2 rings (SSSR count). The van der Waals surface area contributed by atoms with Crippen molar-refractivity contribution in [2.45, 2.75) is 32.1 Å². The van der Waals surface area contributed by atoms with E-state index < -0.39 is 0 Å². The fraction of sp³-hybridized carbons (Fsp3) is 0.583. The number of hydrogen-bond acceptors (Lipinski definition) is 4. The van der Waals surface area contributed by atoms with Crippen LogP contribution in [-0.2, 0) is 24.1 Å². The number of H-pyrrole nitrogens is 1. The van der Waals surface area contributed by atoms with Crippen molar-refractivity contribution in [3.8, 4) is 0 Å². The first-order valence-corrected chi connectivity index (χ1v) is 6.28. The average Bonchev–Trinajstić information content (AvgIpc) is 2.40. The minimum absolute atomic E-state index is 0.104. The number of carbonyl (C=O) groups is 1. The zero-order valence-electron chi connectivity index (χ0n) is 10.3. The SMILES string of the molecule is NCCNC(=O)Cc1n[nH]c(=O)c2c1CCCC2. The van der Waals surface area contributed by atoms with Crippen molar-refractivity contribution in [1.82, 2.24) is 15.5 Å². The molecule has 6 nitrogen and oxygen atoms in total. The summed E-state index contributed by atoms with van der Waals surface area (Å²) in [6.45, 7) is 0.882. The van der Waals surface area contributed by atoms with E-state index in [4.69, 9.17) is 5.73 Å². The largest absolute Gasteiger partial charge is 0.354 e. The van der Waals surface area contributed by atoms with E-state index in [1.54, 1.807) is 0 Å². The molecule has 0 fully saturated rings. The van der Waals surface area contributed by atoms with Gasteiger partial charge in [0.15, 0.2) is 0 Å². The van der Waals surface area contributed by atoms with Gasteiger partial charge in [0.25, 0.3) is 5.56 Å². The van der Waals surface area contributed by atoms with Crippen LogP contribution in [-0.4, -0.2) is 29.2 Å². The van der Waals surface area contributed by atoms with Gasteiger partial charge >= 0.3 is 0 Å². The van der Waals surface area contributed by atoms with Crippen LogP contribution < -0.4 is 16.6 Å². The monoisotopic (exact) mass is 250 g/mol. The van der Waals surface area contributed by atoms with Gasteiger partial charge in [-0.25, -0.2) is 5.10 Å². The normalized spacial score (nSPS) is 14.1. The molecule has 98 valence electrons. The average molecular weight is 250 g/mol. The topological polar surface area (TPSA) is 101 Å². The van der Waals surface area contributed by atoms with Crippen LogP contribution in [0.2, 0.25) is 0 Å². The first kappa shape index (κ1) is 12.8. The van der Waals surface area contributed by atoms with Gasteiger partial charge in [-0.05, 0) is 31.2 Å². The number of aromatic amines is 1. The Balaban J connectivity index is 2.18. The number of amides is 1. The van der Waals surface area contributed by atoms with E-state index in [1.807, 2.05) is 0 Å². The van der Waals surface area contributed by atoms with Crippen LogP contribution in [0.1, 0.15) is 29.7 Å². The number of carbonyl (C=O) groups excluding carboxylic acids is 1. The van der Waals surface area contributed by atoms with Crippen LogP contribution in [0.3, 0.4) is 0 Å². The molecule has 0 bridgehead atoms. The Morgan fingerprint density at radius 2 is 2.06 bits per heavy atom. The van der Waals surface area contributed by atoms with Gasteiger partial charge in [0.2, 0.25) is 5.91 Å². The lowest BCUT2D eigenvalue weighted by molar-refractivity contribution is -0.120. The Bertz CT molecular complexity index is 495. The predicted octanol–water partition coefficient (Wildman–Crippen LogP) is -0.734. The summed E-state index contributed by atoms with van der Waals surface area (Å²) < 4.78 is 0. The molecule has 0 spiro atoms. The van der Waals surface area contributed by atoms with Crippen molar-refractivity contribution in [1.29, 1.82) is 0 Å². The molecule has 0 radical (unpaired) electrons. The molecule has 1 aliphatic rings. The standard InChI is InChI=1S/C12H18N4O2/c13-5-6-14-11(17)7-10-8-3-1-2-4-9(8)12(18)16-15-10/h1-7,13H2,(H,14,17)(H,16,18). The first-order valence-electron chi connectivity index (χ1n) is 6.28. The van der Waals surface area contributed by atoms with Crippen molar-refractivity contribution in [3.05, 3.63) is 27.2 Å². The summed E-state index contributed by atoms with van der Waals surface area (Å²) in [6, 6.07) is 0. The van der Waals surface area contributed by atoms with E-state index in [1.165, 1.54) is 0 Å². The summed E-state index contributed by atoms with van der Waals surface area (Å²) >= 11 is 0. The highest BCUT2D eigenvalue weighted by molar-refractivity contribution is 5.78. The zero-order valence-corrected chi connectivity index (χ0v) is 10.3. The van der Waals surface area contributed by atoms with Crippen molar-refractivity contribution in [2.24, 2.45) is 5.73 Å². The van der Waals surface area contributed by atoms with E-state index in [0.29, 0.717) is 18.8 Å². The van der Waals surface area contributed by atoms with Gasteiger partial charge in [-0.3, -0.25) is 9.59 Å². The van der Waals surface area contributed by atoms with Crippen LogP contribution in [0.4, 0.5) is 0 Å². The number of nitrogens with one attached hydrogen (secondary N) is 2. The van der Waals surface area contributed by atoms with Crippen LogP contribution in [0.5, 0.6) is 0 Å². The van der Waals surface area contributed by atoms with Crippen LogP contribution in [0.25, 0.3) is 0 Å². The van der Waals surface area contributed by atoms with Gasteiger partial charge < -0.3 is 11.1 Å². The second-order valence-corrected chi connectivity index (χ2v) is 4.48. The molecule has 4 N–H and O–H groups in total. The van der Waals surface area contributed by atoms with Crippen LogP contribution >= 0.6 is 0 Å². The number of hydrogen-bond donors (Lipinski definition) is 3. The Morgan fingerprint density at radius 3 is 2.78 bits per heavy atom. The molecular weight excluding hydrogens is 232 g/mol. The second kappa shape index (κ2) is 5.77. The van der Waals surface area contributed by atoms with Crippen molar-refractivity contribution >= 4 is 5.91 Å². The van der Waals surface area contributed by atoms with Crippen LogP contribution in [0.15, 0.2) is 4.79 Å². The molecule has 0 unspecified atom stereocenters. The lowest BCUT2D eigenvalue weighted by Crippen LogP contribution is -2.32. The van der Waals surface area contributed by atoms with Gasteiger partial charge in [0.1, 0.15) is 0 Å². The Kier molecular flexibility index (Phi) is 4.09. The van der Waals surface area contributed by atoms with E-state index in [2.05, 4.69) is 15.5 Å². The summed E-state index contributed by atoms with van der Waals surface area (Å²) in [4.78, 5) is 23.3. The summed E-state index contributed by atoms with van der Waals surface area (Å²) in [5, 5.41) is 9.20. The molecule has 1 amide bonds. The third kappa shape index (κ3) is 2.76. The van der Waals surface area contributed by atoms with Crippen LogP contribution in [0, 0.1) is 0 Å². The molecule has 1 aliphatic carbocycles. The number of nitrogens with two attached hydrogens (primary N) is 1. The molecule has 0 saturated heterocycles. The second-order valence-electron chi connectivity index (χ2n) is 4.48. The molecule has 18 heavy (non-hydrogen) atoms. The molecule has 0 atom stereocenters. The molecule has 0 aliphatic heterocycles. The third-order valence-electron chi connectivity index (χ3n) is 3.18. The number of aromatic nitrogens is 2. The van der Waals surface area contributed by atoms with E-state index in [9.17, 15) is 9.59 Å². The summed E-state index contributed by atoms with van der Waals surface area (Å²) in [5.74, 6) is -0.104. The van der Waals surface area contributed by atoms with E-state index in [-0.39, 0.29) is 17.9 Å². The molecule has 0 aromatic carbocycles. The molecule has 0 saturated carbocycles. The van der Waals surface area contributed by atoms with Gasteiger partial charge in [0.05, 0.1) is 12.1 Å². The summed E-state index contributed by atoms with van der Waals surface area (Å²) in [6.07, 6.45) is 3.91. The molecular formula is C12H18N4O2. The number of rotatable bonds is 4. The zero-order chi connectivity index (χ0) is 13.0. The highest BCUT2D eigenvalue weighted by Gasteiger charge is 2.19. The van der Waals surface area contributed by atoms with E-state index >= 15 is 0 Å².